The Hall–Kier alpha value is -2.42. The number of likely N-dealkylation sites (tertiary alicyclic amines) is 1. The van der Waals surface area contributed by atoms with Gasteiger partial charge < -0.3 is 4.74 Å². The van der Waals surface area contributed by atoms with Crippen molar-refractivity contribution >= 4 is 0 Å². The molecule has 3 unspecified atom stereocenters. The van der Waals surface area contributed by atoms with E-state index in [1.54, 1.807) is 0 Å². The molecule has 1 heterocycles. The number of benzene rings is 3. The van der Waals surface area contributed by atoms with Crippen molar-refractivity contribution in [2.75, 3.05) is 6.54 Å². The van der Waals surface area contributed by atoms with Gasteiger partial charge in [-0.25, -0.2) is 0 Å². The van der Waals surface area contributed by atoms with Crippen LogP contribution in [0.2, 0.25) is 0 Å². The summed E-state index contributed by atoms with van der Waals surface area (Å²) in [6.45, 7) is 2.24. The molecule has 3 aromatic carbocycles. The average molecular weight is 370 g/mol. The molecule has 2 bridgehead atoms. The van der Waals surface area contributed by atoms with Crippen molar-refractivity contribution < 1.29 is 4.74 Å². The molecule has 2 nitrogen and oxygen atoms in total. The van der Waals surface area contributed by atoms with Gasteiger partial charge in [0.15, 0.2) is 0 Å². The van der Waals surface area contributed by atoms with Crippen molar-refractivity contribution in [3.05, 3.63) is 108 Å². The summed E-state index contributed by atoms with van der Waals surface area (Å²) in [5, 5.41) is 0. The largest absolute Gasteiger partial charge is 0.364 e. The number of hydrogen-bond acceptors (Lipinski definition) is 2. The summed E-state index contributed by atoms with van der Waals surface area (Å²) in [5.74, 6) is 0.769. The van der Waals surface area contributed by atoms with E-state index in [2.05, 4.69) is 95.9 Å². The zero-order valence-corrected chi connectivity index (χ0v) is 16.2. The number of fused-ring (bicyclic) bond motifs is 2. The molecule has 0 N–H and O–H groups in total. The maximum atomic E-state index is 6.84. The Labute approximate surface area is 167 Å². The van der Waals surface area contributed by atoms with Gasteiger partial charge in [-0.3, -0.25) is 4.90 Å². The zero-order valence-electron chi connectivity index (χ0n) is 16.2. The molecule has 0 aromatic heterocycles. The van der Waals surface area contributed by atoms with E-state index in [1.807, 2.05) is 0 Å². The van der Waals surface area contributed by atoms with E-state index in [1.165, 1.54) is 36.1 Å². The molecule has 1 saturated carbocycles. The first-order valence-electron chi connectivity index (χ1n) is 10.4. The fourth-order valence-corrected chi connectivity index (χ4v) is 5.00. The molecule has 2 fully saturated rings. The Morgan fingerprint density at radius 1 is 0.750 bits per heavy atom. The molecule has 3 atom stereocenters. The summed E-state index contributed by atoms with van der Waals surface area (Å²) >= 11 is 0. The summed E-state index contributed by atoms with van der Waals surface area (Å²) in [7, 11) is 0. The maximum absolute atomic E-state index is 6.84. The van der Waals surface area contributed by atoms with Crippen molar-refractivity contribution in [2.24, 2.45) is 5.92 Å². The lowest BCUT2D eigenvalue weighted by Gasteiger charge is -2.35. The molecule has 142 valence electrons. The number of piperidine rings is 1. The quantitative estimate of drug-likeness (QED) is 0.572. The van der Waals surface area contributed by atoms with E-state index < -0.39 is 0 Å². The minimum atomic E-state index is 0.00493. The molecule has 2 aliphatic rings. The lowest BCUT2D eigenvalue weighted by Crippen LogP contribution is -2.42. The first-order chi connectivity index (χ1) is 13.9. The van der Waals surface area contributed by atoms with Gasteiger partial charge in [-0.2, -0.15) is 0 Å². The third-order valence-electron chi connectivity index (χ3n) is 6.28. The van der Waals surface area contributed by atoms with Crippen molar-refractivity contribution in [1.82, 2.24) is 4.90 Å². The molecule has 2 heteroatoms. The van der Waals surface area contributed by atoms with Crippen LogP contribution in [0.1, 0.15) is 35.6 Å². The minimum Gasteiger partial charge on any atom is -0.364 e. The van der Waals surface area contributed by atoms with Gasteiger partial charge in [-0.15, -0.1) is 0 Å². The van der Waals surface area contributed by atoms with Gasteiger partial charge in [0, 0.05) is 19.1 Å². The molecule has 1 aliphatic carbocycles. The molecular weight excluding hydrogens is 342 g/mol. The van der Waals surface area contributed by atoms with Gasteiger partial charge in [0.25, 0.3) is 0 Å². The molecule has 1 saturated heterocycles. The standard InChI is InChI=1S/C26H27NO/c1-4-10-20(11-5-1)18-27-19-21-16-24(27)25(17-21)28-26(22-12-6-2-7-13-22)23-14-8-3-9-15-23/h1-15,21,24-26H,16-19H2. The highest BCUT2D eigenvalue weighted by Crippen LogP contribution is 2.42. The van der Waals surface area contributed by atoms with E-state index in [4.69, 9.17) is 4.74 Å². The highest BCUT2D eigenvalue weighted by atomic mass is 16.5. The van der Waals surface area contributed by atoms with Crippen LogP contribution >= 0.6 is 0 Å². The maximum Gasteiger partial charge on any atom is 0.108 e. The van der Waals surface area contributed by atoms with E-state index in [-0.39, 0.29) is 6.10 Å². The van der Waals surface area contributed by atoms with Crippen molar-refractivity contribution in [1.29, 1.82) is 0 Å². The van der Waals surface area contributed by atoms with Gasteiger partial charge in [0.1, 0.15) is 6.10 Å². The Morgan fingerprint density at radius 2 is 1.32 bits per heavy atom. The second-order valence-corrected chi connectivity index (χ2v) is 8.20. The molecule has 0 spiro atoms. The Morgan fingerprint density at radius 3 is 1.89 bits per heavy atom. The third-order valence-corrected chi connectivity index (χ3v) is 6.28. The monoisotopic (exact) mass is 369 g/mol. The van der Waals surface area contributed by atoms with Crippen LogP contribution in [0, 0.1) is 5.92 Å². The van der Waals surface area contributed by atoms with Crippen LogP contribution in [0.4, 0.5) is 0 Å². The summed E-state index contributed by atoms with van der Waals surface area (Å²) in [5.41, 5.74) is 3.88. The smallest absolute Gasteiger partial charge is 0.108 e. The first kappa shape index (κ1) is 17.7. The second-order valence-electron chi connectivity index (χ2n) is 8.20. The molecule has 28 heavy (non-hydrogen) atoms. The normalized spacial score (nSPS) is 24.1. The van der Waals surface area contributed by atoms with E-state index in [0.717, 1.165) is 12.5 Å². The van der Waals surface area contributed by atoms with Gasteiger partial charge in [0.05, 0.1) is 6.10 Å². The van der Waals surface area contributed by atoms with Crippen molar-refractivity contribution in [2.45, 2.75) is 37.6 Å². The summed E-state index contributed by atoms with van der Waals surface area (Å²) in [4.78, 5) is 2.64. The van der Waals surface area contributed by atoms with Crippen LogP contribution in [-0.2, 0) is 11.3 Å². The number of hydrogen-bond donors (Lipinski definition) is 0. The fraction of sp³-hybridized carbons (Fsp3) is 0.308. The van der Waals surface area contributed by atoms with Gasteiger partial charge >= 0.3 is 0 Å². The van der Waals surface area contributed by atoms with Crippen LogP contribution in [0.15, 0.2) is 91.0 Å². The van der Waals surface area contributed by atoms with Crippen molar-refractivity contribution in [3.63, 3.8) is 0 Å². The predicted molar refractivity (Wildman–Crippen MR) is 113 cm³/mol. The lowest BCUT2D eigenvalue weighted by molar-refractivity contribution is -0.0440. The Kier molecular flexibility index (Phi) is 4.99. The highest BCUT2D eigenvalue weighted by Gasteiger charge is 2.46. The van der Waals surface area contributed by atoms with Crippen LogP contribution < -0.4 is 0 Å². The minimum absolute atomic E-state index is 0.00493. The third kappa shape index (κ3) is 3.63. The zero-order chi connectivity index (χ0) is 18.8. The fourth-order valence-electron chi connectivity index (χ4n) is 5.00. The summed E-state index contributed by atoms with van der Waals surface area (Å²) in [6.07, 6.45) is 2.76. The van der Waals surface area contributed by atoms with Gasteiger partial charge in [0.2, 0.25) is 0 Å². The molecular formula is C26H27NO. The molecule has 0 radical (unpaired) electrons. The van der Waals surface area contributed by atoms with E-state index in [0.29, 0.717) is 12.1 Å². The highest BCUT2D eigenvalue weighted by molar-refractivity contribution is 5.30. The Bertz CT molecular complexity index is 841. The average Bonchev–Trinajstić information content (AvgIpc) is 3.34. The molecule has 1 aliphatic heterocycles. The molecule has 3 aromatic rings. The lowest BCUT2D eigenvalue weighted by atomic mass is 10.00. The van der Waals surface area contributed by atoms with Crippen LogP contribution in [0.5, 0.6) is 0 Å². The van der Waals surface area contributed by atoms with Gasteiger partial charge in [-0.1, -0.05) is 91.0 Å². The number of rotatable bonds is 6. The van der Waals surface area contributed by atoms with Crippen LogP contribution in [-0.4, -0.2) is 23.6 Å². The number of ether oxygens (including phenoxy) is 1. The van der Waals surface area contributed by atoms with E-state index >= 15 is 0 Å². The van der Waals surface area contributed by atoms with Crippen molar-refractivity contribution in [3.8, 4) is 0 Å². The number of nitrogens with zero attached hydrogens (tertiary/aromatic N) is 1. The van der Waals surface area contributed by atoms with Crippen LogP contribution in [0.25, 0.3) is 0 Å². The molecule has 5 rings (SSSR count). The SMILES string of the molecule is c1ccc(CN2CC3CC(OC(c4ccccc4)c4ccccc4)C2C3)cc1. The first-order valence-corrected chi connectivity index (χ1v) is 10.4. The van der Waals surface area contributed by atoms with Crippen LogP contribution in [0.3, 0.4) is 0 Å². The second kappa shape index (κ2) is 7.90. The topological polar surface area (TPSA) is 12.5 Å². The summed E-state index contributed by atoms with van der Waals surface area (Å²) < 4.78 is 6.84. The Balaban J connectivity index is 1.36. The summed E-state index contributed by atoms with van der Waals surface area (Å²) in [6, 6.07) is 32.7. The van der Waals surface area contributed by atoms with Gasteiger partial charge in [-0.05, 0) is 35.4 Å². The van der Waals surface area contributed by atoms with E-state index in [9.17, 15) is 0 Å². The molecule has 0 amide bonds. The predicted octanol–water partition coefficient (Wildman–Crippen LogP) is 5.46.